The van der Waals surface area contributed by atoms with Crippen molar-refractivity contribution in [1.82, 2.24) is 0 Å². The summed E-state index contributed by atoms with van der Waals surface area (Å²) >= 11 is 0. The number of carbonyl (C=O) groups excluding carboxylic acids is 1. The van der Waals surface area contributed by atoms with Crippen molar-refractivity contribution in [3.63, 3.8) is 0 Å². The van der Waals surface area contributed by atoms with Gasteiger partial charge >= 0.3 is 5.97 Å². The molecule has 3 nitrogen and oxygen atoms in total. The highest BCUT2D eigenvalue weighted by molar-refractivity contribution is 5.81. The highest BCUT2D eigenvalue weighted by Gasteiger charge is 2.26. The fourth-order valence-corrected chi connectivity index (χ4v) is 1.26. The lowest BCUT2D eigenvalue weighted by atomic mass is 10.3. The smallest absolute Gasteiger partial charge is 0.356 e. The average molecular weight is 190 g/mol. The Morgan fingerprint density at radius 3 is 2.57 bits per heavy atom. The number of carbonyl (C=O) groups is 1. The summed E-state index contributed by atoms with van der Waals surface area (Å²) in [5, 5.41) is 0. The maximum Gasteiger partial charge on any atom is 0.356 e. The summed E-state index contributed by atoms with van der Waals surface area (Å²) in [6.07, 6.45) is 1.06. The molecular weight excluding hydrogens is 180 g/mol. The molecule has 1 aliphatic rings. The van der Waals surface area contributed by atoms with Crippen molar-refractivity contribution in [3.8, 4) is 5.75 Å². The zero-order chi connectivity index (χ0) is 9.97. The van der Waals surface area contributed by atoms with Crippen LogP contribution in [-0.2, 0) is 9.53 Å². The molecule has 0 radical (unpaired) electrons. The van der Waals surface area contributed by atoms with Crippen LogP contribution >= 0.6 is 0 Å². The predicted molar refractivity (Wildman–Crippen MR) is 50.7 cm³/mol. The van der Waals surface area contributed by atoms with Crippen LogP contribution in [0.4, 0.5) is 0 Å². The molecule has 0 bridgehead atoms. The Morgan fingerprint density at radius 2 is 2.00 bits per heavy atom. The largest absolute Gasteiger partial charge is 0.474 e. The third-order valence-electron chi connectivity index (χ3n) is 1.89. The fourth-order valence-electron chi connectivity index (χ4n) is 1.26. The van der Waals surface area contributed by atoms with Crippen LogP contribution in [0.15, 0.2) is 42.2 Å². The third kappa shape index (κ3) is 1.76. The van der Waals surface area contributed by atoms with E-state index in [1.54, 1.807) is 25.1 Å². The number of cyclic esters (lactones) is 1. The Kier molecular flexibility index (Phi) is 2.23. The minimum absolute atomic E-state index is 0.355. The average Bonchev–Trinajstić information content (AvgIpc) is 2.47. The first-order chi connectivity index (χ1) is 6.75. The highest BCUT2D eigenvalue weighted by Crippen LogP contribution is 2.18. The quantitative estimate of drug-likeness (QED) is 0.668. The van der Waals surface area contributed by atoms with Gasteiger partial charge in [0.1, 0.15) is 11.5 Å². The minimum atomic E-state index is -0.600. The van der Waals surface area contributed by atoms with Crippen molar-refractivity contribution < 1.29 is 14.3 Å². The van der Waals surface area contributed by atoms with Crippen LogP contribution < -0.4 is 4.74 Å². The first kappa shape index (κ1) is 8.81. The molecule has 1 aromatic carbocycles. The van der Waals surface area contributed by atoms with Crippen LogP contribution in [0.1, 0.15) is 6.92 Å². The topological polar surface area (TPSA) is 35.5 Å². The Bertz CT molecular complexity index is 367. The molecule has 0 spiro atoms. The molecule has 0 N–H and O–H groups in total. The van der Waals surface area contributed by atoms with Crippen LogP contribution in [0.2, 0.25) is 0 Å². The first-order valence-electron chi connectivity index (χ1n) is 4.37. The molecular formula is C11H10O3. The molecule has 0 aliphatic carbocycles. The van der Waals surface area contributed by atoms with E-state index >= 15 is 0 Å². The van der Waals surface area contributed by atoms with Gasteiger partial charge in [-0.05, 0) is 19.1 Å². The van der Waals surface area contributed by atoms with Crippen LogP contribution in [0.5, 0.6) is 5.75 Å². The number of hydrogen-bond donors (Lipinski definition) is 0. The summed E-state index contributed by atoms with van der Waals surface area (Å²) in [6.45, 7) is 1.73. The molecule has 1 atom stereocenters. The number of allylic oxidation sites excluding steroid dienone is 1. The van der Waals surface area contributed by atoms with Crippen LogP contribution in [0.25, 0.3) is 0 Å². The first-order valence-corrected chi connectivity index (χ1v) is 4.37. The zero-order valence-corrected chi connectivity index (χ0v) is 7.77. The summed E-state index contributed by atoms with van der Waals surface area (Å²) < 4.78 is 10.3. The molecule has 0 aromatic heterocycles. The zero-order valence-electron chi connectivity index (χ0n) is 7.77. The monoisotopic (exact) mass is 190 g/mol. The molecule has 1 heterocycles. The standard InChI is InChI=1S/C11H10O3/c1-8-7-10(11(12)13-8)14-9-5-3-2-4-6-9/h2-7,10H,1H3. The molecule has 1 aromatic rings. The predicted octanol–water partition coefficient (Wildman–Crippen LogP) is 1.89. The van der Waals surface area contributed by atoms with Crippen LogP contribution in [0.3, 0.4) is 0 Å². The molecule has 0 fully saturated rings. The number of hydrogen-bond acceptors (Lipinski definition) is 3. The molecule has 3 heteroatoms. The van der Waals surface area contributed by atoms with E-state index in [-0.39, 0.29) is 5.97 Å². The number of ether oxygens (including phenoxy) is 2. The molecule has 0 saturated carbocycles. The summed E-state index contributed by atoms with van der Waals surface area (Å²) in [5.74, 6) is 0.905. The second-order valence-corrected chi connectivity index (χ2v) is 3.05. The molecule has 0 saturated heterocycles. The van der Waals surface area contributed by atoms with Gasteiger partial charge in [0.05, 0.1) is 0 Å². The summed E-state index contributed by atoms with van der Waals surface area (Å²) in [7, 11) is 0. The number of esters is 1. The van der Waals surface area contributed by atoms with E-state index in [4.69, 9.17) is 9.47 Å². The van der Waals surface area contributed by atoms with Gasteiger partial charge in [-0.3, -0.25) is 0 Å². The van der Waals surface area contributed by atoms with Gasteiger partial charge in [0.2, 0.25) is 6.10 Å². The number of para-hydroxylation sites is 1. The second-order valence-electron chi connectivity index (χ2n) is 3.05. The second kappa shape index (κ2) is 3.54. The van der Waals surface area contributed by atoms with E-state index in [1.165, 1.54) is 0 Å². The molecule has 14 heavy (non-hydrogen) atoms. The number of benzene rings is 1. The third-order valence-corrected chi connectivity index (χ3v) is 1.89. The Hall–Kier alpha value is -1.77. The van der Waals surface area contributed by atoms with E-state index in [0.29, 0.717) is 11.5 Å². The van der Waals surface area contributed by atoms with Crippen molar-refractivity contribution in [1.29, 1.82) is 0 Å². The van der Waals surface area contributed by atoms with E-state index in [0.717, 1.165) is 0 Å². The Balaban J connectivity index is 2.09. The number of rotatable bonds is 2. The van der Waals surface area contributed by atoms with Crippen molar-refractivity contribution >= 4 is 5.97 Å². The van der Waals surface area contributed by atoms with Crippen LogP contribution in [-0.4, -0.2) is 12.1 Å². The maximum absolute atomic E-state index is 11.2. The fraction of sp³-hybridized carbons (Fsp3) is 0.182. The maximum atomic E-state index is 11.2. The van der Waals surface area contributed by atoms with Crippen molar-refractivity contribution in [2.45, 2.75) is 13.0 Å². The lowest BCUT2D eigenvalue weighted by Gasteiger charge is -2.08. The van der Waals surface area contributed by atoms with Gasteiger partial charge in [-0.25, -0.2) is 4.79 Å². The Labute approximate surface area is 81.9 Å². The highest BCUT2D eigenvalue weighted by atomic mass is 16.6. The van der Waals surface area contributed by atoms with Gasteiger partial charge in [0.25, 0.3) is 0 Å². The van der Waals surface area contributed by atoms with Gasteiger partial charge < -0.3 is 9.47 Å². The van der Waals surface area contributed by atoms with Gasteiger partial charge in [-0.15, -0.1) is 0 Å². The summed E-state index contributed by atoms with van der Waals surface area (Å²) in [5.41, 5.74) is 0. The van der Waals surface area contributed by atoms with Crippen molar-refractivity contribution in [3.05, 3.63) is 42.2 Å². The SMILES string of the molecule is CC1=CC(Oc2ccccc2)C(=O)O1. The van der Waals surface area contributed by atoms with E-state index < -0.39 is 6.10 Å². The molecule has 1 unspecified atom stereocenters. The van der Waals surface area contributed by atoms with Crippen LogP contribution in [0, 0.1) is 0 Å². The van der Waals surface area contributed by atoms with E-state index in [9.17, 15) is 4.79 Å². The van der Waals surface area contributed by atoms with Gasteiger partial charge in [-0.1, -0.05) is 18.2 Å². The summed E-state index contributed by atoms with van der Waals surface area (Å²) in [4.78, 5) is 11.2. The molecule has 1 aliphatic heterocycles. The van der Waals surface area contributed by atoms with E-state index in [2.05, 4.69) is 0 Å². The normalized spacial score (nSPS) is 20.2. The minimum Gasteiger partial charge on any atom is -0.474 e. The molecule has 72 valence electrons. The lowest BCUT2D eigenvalue weighted by Crippen LogP contribution is -2.21. The molecule has 0 amide bonds. The van der Waals surface area contributed by atoms with Crippen molar-refractivity contribution in [2.75, 3.05) is 0 Å². The van der Waals surface area contributed by atoms with E-state index in [1.807, 2.05) is 18.2 Å². The van der Waals surface area contributed by atoms with Gasteiger partial charge in [-0.2, -0.15) is 0 Å². The van der Waals surface area contributed by atoms with Gasteiger partial charge in [0, 0.05) is 6.08 Å². The van der Waals surface area contributed by atoms with Gasteiger partial charge in [0.15, 0.2) is 0 Å². The Morgan fingerprint density at radius 1 is 1.29 bits per heavy atom. The summed E-state index contributed by atoms with van der Waals surface area (Å²) in [6, 6.07) is 9.20. The lowest BCUT2D eigenvalue weighted by molar-refractivity contribution is -0.142. The van der Waals surface area contributed by atoms with Crippen molar-refractivity contribution in [2.24, 2.45) is 0 Å². The molecule has 2 rings (SSSR count).